The lowest BCUT2D eigenvalue weighted by Crippen LogP contribution is -2.36. The molecule has 0 spiro atoms. The van der Waals surface area contributed by atoms with E-state index in [1.165, 1.54) is 5.56 Å². The number of methoxy groups -OCH3 is 1. The van der Waals surface area contributed by atoms with Crippen molar-refractivity contribution in [2.75, 3.05) is 19.0 Å². The molecule has 0 aliphatic carbocycles. The fraction of sp³-hybridized carbons (Fsp3) is 0.250. The minimum Gasteiger partial charge on any atom is -0.495 e. The van der Waals surface area contributed by atoms with E-state index in [0.717, 1.165) is 49.9 Å². The van der Waals surface area contributed by atoms with Gasteiger partial charge in [-0.25, -0.2) is 9.97 Å². The SMILES string of the molecule is COc1cc2c(cc1Nc1ncnc3sc4c(c13)CCN(C(=O)c1cccn1C)C4)C=NC2. The number of ether oxygens (including phenoxy) is 1. The molecule has 33 heavy (non-hydrogen) atoms. The largest absolute Gasteiger partial charge is 0.495 e. The number of nitrogens with zero attached hydrogens (tertiary/aromatic N) is 5. The van der Waals surface area contributed by atoms with Crippen LogP contribution in [0.25, 0.3) is 10.2 Å². The maximum atomic E-state index is 13.0. The van der Waals surface area contributed by atoms with E-state index in [1.807, 2.05) is 47.1 Å². The summed E-state index contributed by atoms with van der Waals surface area (Å²) in [6, 6.07) is 7.84. The molecule has 1 aromatic carbocycles. The van der Waals surface area contributed by atoms with Crippen molar-refractivity contribution in [3.63, 3.8) is 0 Å². The number of aryl methyl sites for hydroxylation is 1. The Morgan fingerprint density at radius 1 is 1.27 bits per heavy atom. The van der Waals surface area contributed by atoms with Gasteiger partial charge in [0.25, 0.3) is 5.91 Å². The summed E-state index contributed by atoms with van der Waals surface area (Å²) in [5.41, 5.74) is 5.01. The maximum Gasteiger partial charge on any atom is 0.270 e. The number of thiophene rings is 1. The third kappa shape index (κ3) is 3.27. The van der Waals surface area contributed by atoms with Crippen LogP contribution in [0.5, 0.6) is 5.75 Å². The summed E-state index contributed by atoms with van der Waals surface area (Å²) in [6.07, 6.45) is 6.14. The average molecular weight is 459 g/mol. The molecule has 4 aromatic rings. The fourth-order valence-corrected chi connectivity index (χ4v) is 5.78. The van der Waals surface area contributed by atoms with Crippen molar-refractivity contribution in [2.24, 2.45) is 12.0 Å². The van der Waals surface area contributed by atoms with Crippen LogP contribution in [-0.4, -0.2) is 45.2 Å². The molecule has 6 rings (SSSR count). The molecule has 3 aromatic heterocycles. The maximum absolute atomic E-state index is 13.0. The third-order valence-electron chi connectivity index (χ3n) is 6.29. The van der Waals surface area contributed by atoms with E-state index in [1.54, 1.807) is 24.8 Å². The van der Waals surface area contributed by atoms with Crippen molar-refractivity contribution in [1.82, 2.24) is 19.4 Å². The summed E-state index contributed by atoms with van der Waals surface area (Å²) in [5, 5.41) is 4.51. The lowest BCUT2D eigenvalue weighted by atomic mass is 10.0. The summed E-state index contributed by atoms with van der Waals surface area (Å²) < 4.78 is 7.50. The highest BCUT2D eigenvalue weighted by Crippen LogP contribution is 2.40. The third-order valence-corrected chi connectivity index (χ3v) is 7.42. The van der Waals surface area contributed by atoms with E-state index >= 15 is 0 Å². The van der Waals surface area contributed by atoms with E-state index in [4.69, 9.17) is 4.74 Å². The van der Waals surface area contributed by atoms with Crippen molar-refractivity contribution >= 4 is 45.2 Å². The van der Waals surface area contributed by atoms with Gasteiger partial charge in [-0.3, -0.25) is 9.79 Å². The number of rotatable bonds is 4. The van der Waals surface area contributed by atoms with Gasteiger partial charge in [0.05, 0.1) is 31.3 Å². The van der Waals surface area contributed by atoms with E-state index in [9.17, 15) is 4.79 Å². The number of nitrogens with one attached hydrogen (secondary N) is 1. The molecule has 5 heterocycles. The zero-order valence-electron chi connectivity index (χ0n) is 18.3. The summed E-state index contributed by atoms with van der Waals surface area (Å²) in [7, 11) is 3.57. The molecule has 2 aliphatic rings. The molecule has 9 heteroatoms. The van der Waals surface area contributed by atoms with E-state index in [-0.39, 0.29) is 5.91 Å². The predicted molar refractivity (Wildman–Crippen MR) is 129 cm³/mol. The monoisotopic (exact) mass is 458 g/mol. The van der Waals surface area contributed by atoms with Gasteiger partial charge in [-0.2, -0.15) is 0 Å². The molecule has 166 valence electrons. The number of anilines is 2. The molecule has 2 aliphatic heterocycles. The van der Waals surface area contributed by atoms with Crippen molar-refractivity contribution in [3.8, 4) is 5.75 Å². The molecule has 0 unspecified atom stereocenters. The highest BCUT2D eigenvalue weighted by molar-refractivity contribution is 7.19. The van der Waals surface area contributed by atoms with Crippen LogP contribution in [-0.2, 0) is 26.6 Å². The Hall–Kier alpha value is -3.72. The quantitative estimate of drug-likeness (QED) is 0.501. The fourth-order valence-electron chi connectivity index (χ4n) is 4.57. The van der Waals surface area contributed by atoms with Gasteiger partial charge in [-0.05, 0) is 47.4 Å². The normalized spacial score (nSPS) is 14.4. The predicted octanol–water partition coefficient (Wildman–Crippen LogP) is 3.91. The molecule has 1 amide bonds. The molecule has 0 saturated carbocycles. The Kier molecular flexibility index (Phi) is 4.65. The summed E-state index contributed by atoms with van der Waals surface area (Å²) in [6.45, 7) is 1.92. The molecule has 8 nitrogen and oxygen atoms in total. The number of benzene rings is 1. The van der Waals surface area contributed by atoms with Crippen LogP contribution in [0.2, 0.25) is 0 Å². The number of aliphatic imine (C=N–C) groups is 1. The van der Waals surface area contributed by atoms with Gasteiger partial charge in [0.15, 0.2) is 0 Å². The number of carbonyl (C=O) groups is 1. The van der Waals surface area contributed by atoms with Gasteiger partial charge in [0.1, 0.15) is 28.4 Å². The van der Waals surface area contributed by atoms with Crippen LogP contribution in [0.15, 0.2) is 41.8 Å². The zero-order valence-corrected chi connectivity index (χ0v) is 19.1. The van der Waals surface area contributed by atoms with Gasteiger partial charge in [0, 0.05) is 30.9 Å². The first-order valence-corrected chi connectivity index (χ1v) is 11.6. The topological polar surface area (TPSA) is 84.6 Å². The highest BCUT2D eigenvalue weighted by atomic mass is 32.1. The second-order valence-electron chi connectivity index (χ2n) is 8.23. The van der Waals surface area contributed by atoms with Gasteiger partial charge in [-0.1, -0.05) is 0 Å². The van der Waals surface area contributed by atoms with Crippen LogP contribution in [0.4, 0.5) is 11.5 Å². The lowest BCUT2D eigenvalue weighted by molar-refractivity contribution is 0.0728. The second kappa shape index (κ2) is 7.70. The number of aromatic nitrogens is 3. The van der Waals surface area contributed by atoms with E-state index in [2.05, 4.69) is 26.3 Å². The molecule has 0 fully saturated rings. The molecule has 0 bridgehead atoms. The Labute approximate surface area is 194 Å². The summed E-state index contributed by atoms with van der Waals surface area (Å²) in [4.78, 5) is 30.5. The van der Waals surface area contributed by atoms with Crippen LogP contribution in [0.3, 0.4) is 0 Å². The van der Waals surface area contributed by atoms with Crippen molar-refractivity contribution in [1.29, 1.82) is 0 Å². The van der Waals surface area contributed by atoms with Gasteiger partial charge in [0.2, 0.25) is 0 Å². The minimum absolute atomic E-state index is 0.0552. The zero-order chi connectivity index (χ0) is 22.5. The van der Waals surface area contributed by atoms with Crippen molar-refractivity contribution < 1.29 is 9.53 Å². The summed E-state index contributed by atoms with van der Waals surface area (Å²) >= 11 is 1.63. The highest BCUT2D eigenvalue weighted by Gasteiger charge is 2.28. The van der Waals surface area contributed by atoms with Crippen molar-refractivity contribution in [3.05, 3.63) is 64.1 Å². The average Bonchev–Trinajstić information content (AvgIpc) is 3.55. The smallest absolute Gasteiger partial charge is 0.270 e. The van der Waals surface area contributed by atoms with E-state index < -0.39 is 0 Å². The molecule has 0 atom stereocenters. The second-order valence-corrected chi connectivity index (χ2v) is 9.32. The first-order chi connectivity index (χ1) is 16.1. The molecule has 1 N–H and O–H groups in total. The van der Waals surface area contributed by atoms with Crippen LogP contribution in [0, 0.1) is 0 Å². The van der Waals surface area contributed by atoms with Gasteiger partial charge >= 0.3 is 0 Å². The molecular formula is C24H22N6O2S. The van der Waals surface area contributed by atoms with Crippen LogP contribution in [0.1, 0.15) is 32.1 Å². The first kappa shape index (κ1) is 19.9. The van der Waals surface area contributed by atoms with Gasteiger partial charge in [-0.15, -0.1) is 11.3 Å². The Balaban J connectivity index is 1.35. The number of hydrogen-bond donors (Lipinski definition) is 1. The van der Waals surface area contributed by atoms with Gasteiger partial charge < -0.3 is 19.5 Å². The minimum atomic E-state index is 0.0552. The standard InChI is InChI=1S/C24H22N6O2S/c1-29-6-3-4-18(29)24(31)30-7-5-16-20(12-30)33-23-21(16)22(26-13-27-23)28-17-8-14-10-25-11-15(14)9-19(17)32-2/h3-4,6,8-10,13H,5,7,11-12H2,1-2H3,(H,26,27,28). The lowest BCUT2D eigenvalue weighted by Gasteiger charge is -2.27. The molecular weight excluding hydrogens is 436 g/mol. The van der Waals surface area contributed by atoms with Crippen LogP contribution < -0.4 is 10.1 Å². The number of carbonyl (C=O) groups excluding carboxylic acids is 1. The molecule has 0 saturated heterocycles. The Morgan fingerprint density at radius 2 is 2.18 bits per heavy atom. The number of fused-ring (bicyclic) bond motifs is 4. The summed E-state index contributed by atoms with van der Waals surface area (Å²) in [5.74, 6) is 1.57. The number of hydrogen-bond acceptors (Lipinski definition) is 7. The van der Waals surface area contributed by atoms with Crippen molar-refractivity contribution in [2.45, 2.75) is 19.5 Å². The van der Waals surface area contributed by atoms with E-state index in [0.29, 0.717) is 25.3 Å². The molecule has 0 radical (unpaired) electrons. The number of amides is 1. The van der Waals surface area contributed by atoms with Crippen LogP contribution >= 0.6 is 11.3 Å². The first-order valence-electron chi connectivity index (χ1n) is 10.8. The Bertz CT molecular complexity index is 1440. The Morgan fingerprint density at radius 3 is 3.00 bits per heavy atom.